The Hall–Kier alpha value is -1.10. The first kappa shape index (κ1) is 13.9. The first-order chi connectivity index (χ1) is 9.86. The molecule has 20 heavy (non-hydrogen) atoms. The van der Waals surface area contributed by atoms with Gasteiger partial charge in [0.15, 0.2) is 0 Å². The maximum absolute atomic E-state index is 5.53. The molecular weight excluding hydrogens is 252 g/mol. The van der Waals surface area contributed by atoms with Crippen LogP contribution in [-0.4, -0.2) is 29.8 Å². The minimum Gasteiger partial charge on any atom is -0.338 e. The lowest BCUT2D eigenvalue weighted by molar-refractivity contribution is 0.246. The summed E-state index contributed by atoms with van der Waals surface area (Å²) < 4.78 is 5.53. The lowest BCUT2D eigenvalue weighted by atomic mass is 9.90. The molecule has 5 nitrogen and oxygen atoms in total. The average molecular weight is 278 g/mol. The van der Waals surface area contributed by atoms with Gasteiger partial charge in [0, 0.05) is 13.1 Å². The van der Waals surface area contributed by atoms with Crippen LogP contribution in [-0.2, 0) is 0 Å². The molecule has 0 saturated carbocycles. The van der Waals surface area contributed by atoms with Gasteiger partial charge < -0.3 is 14.7 Å². The quantitative estimate of drug-likeness (QED) is 0.921. The lowest BCUT2D eigenvalue weighted by Gasteiger charge is -2.27. The number of nitrogens with zero attached hydrogens (tertiary/aromatic N) is 3. The molecule has 1 aromatic rings. The first-order valence-electron chi connectivity index (χ1n) is 8.18. The normalized spacial score (nSPS) is 28.4. The monoisotopic (exact) mass is 278 g/mol. The SMILES string of the molecule is CCC1CCNC(c2nc(N3CCCCCC3)no2)C1. The van der Waals surface area contributed by atoms with Crippen molar-refractivity contribution in [2.45, 2.75) is 57.9 Å². The molecule has 0 aliphatic carbocycles. The molecule has 3 rings (SSSR count). The van der Waals surface area contributed by atoms with Gasteiger partial charge in [-0.05, 0) is 43.3 Å². The fourth-order valence-corrected chi connectivity index (χ4v) is 3.32. The minimum atomic E-state index is 0.252. The number of anilines is 1. The molecule has 112 valence electrons. The molecule has 0 bridgehead atoms. The van der Waals surface area contributed by atoms with Gasteiger partial charge in [-0.15, -0.1) is 0 Å². The van der Waals surface area contributed by atoms with Crippen LogP contribution in [0.3, 0.4) is 0 Å². The van der Waals surface area contributed by atoms with Crippen molar-refractivity contribution in [3.05, 3.63) is 5.89 Å². The Labute approximate surface area is 121 Å². The van der Waals surface area contributed by atoms with E-state index in [4.69, 9.17) is 4.52 Å². The molecule has 3 heterocycles. The summed E-state index contributed by atoms with van der Waals surface area (Å²) in [6, 6.07) is 0.252. The number of piperidine rings is 1. The molecule has 0 radical (unpaired) electrons. The molecule has 1 N–H and O–H groups in total. The molecule has 5 heteroatoms. The Balaban J connectivity index is 1.66. The standard InChI is InChI=1S/C15H26N4O/c1-2-12-7-8-16-13(11-12)14-17-15(18-20-14)19-9-5-3-4-6-10-19/h12-13,16H,2-11H2,1H3. The van der Waals surface area contributed by atoms with E-state index in [1.165, 1.54) is 38.5 Å². The largest absolute Gasteiger partial charge is 0.338 e. The van der Waals surface area contributed by atoms with E-state index in [9.17, 15) is 0 Å². The van der Waals surface area contributed by atoms with Gasteiger partial charge in [0.1, 0.15) is 0 Å². The number of hydrogen-bond donors (Lipinski definition) is 1. The molecule has 2 unspecified atom stereocenters. The van der Waals surface area contributed by atoms with Crippen LogP contribution in [0.15, 0.2) is 4.52 Å². The molecule has 0 aromatic carbocycles. The first-order valence-corrected chi connectivity index (χ1v) is 8.18. The Morgan fingerprint density at radius 3 is 2.80 bits per heavy atom. The van der Waals surface area contributed by atoms with E-state index in [1.54, 1.807) is 0 Å². The lowest BCUT2D eigenvalue weighted by Crippen LogP contribution is -2.32. The van der Waals surface area contributed by atoms with Gasteiger partial charge in [-0.2, -0.15) is 4.98 Å². The van der Waals surface area contributed by atoms with Crippen LogP contribution in [0.1, 0.15) is 63.8 Å². The van der Waals surface area contributed by atoms with E-state index >= 15 is 0 Å². The van der Waals surface area contributed by atoms with Gasteiger partial charge in [-0.1, -0.05) is 26.2 Å². The van der Waals surface area contributed by atoms with Gasteiger partial charge in [0.2, 0.25) is 5.89 Å². The summed E-state index contributed by atoms with van der Waals surface area (Å²) in [5, 5.41) is 7.72. The number of nitrogens with one attached hydrogen (secondary N) is 1. The van der Waals surface area contributed by atoms with Crippen LogP contribution in [0.5, 0.6) is 0 Å². The molecule has 1 aromatic heterocycles. The van der Waals surface area contributed by atoms with Gasteiger partial charge in [-0.25, -0.2) is 0 Å². The average Bonchev–Trinajstić information content (AvgIpc) is 2.83. The van der Waals surface area contributed by atoms with Crippen LogP contribution >= 0.6 is 0 Å². The van der Waals surface area contributed by atoms with Gasteiger partial charge in [-0.3, -0.25) is 0 Å². The van der Waals surface area contributed by atoms with Crippen LogP contribution in [0, 0.1) is 5.92 Å². The summed E-state index contributed by atoms with van der Waals surface area (Å²) in [6.07, 6.45) is 8.75. The van der Waals surface area contributed by atoms with E-state index in [-0.39, 0.29) is 6.04 Å². The summed E-state index contributed by atoms with van der Waals surface area (Å²) in [4.78, 5) is 6.93. The summed E-state index contributed by atoms with van der Waals surface area (Å²) in [5.74, 6) is 2.36. The van der Waals surface area contributed by atoms with Crippen molar-refractivity contribution in [2.24, 2.45) is 5.92 Å². The molecule has 2 aliphatic rings. The van der Waals surface area contributed by atoms with Crippen molar-refractivity contribution in [1.82, 2.24) is 15.5 Å². The highest BCUT2D eigenvalue weighted by atomic mass is 16.5. The van der Waals surface area contributed by atoms with E-state index < -0.39 is 0 Å². The Kier molecular flexibility index (Phi) is 4.55. The second kappa shape index (κ2) is 6.57. The fourth-order valence-electron chi connectivity index (χ4n) is 3.32. The zero-order valence-electron chi connectivity index (χ0n) is 12.5. The minimum absolute atomic E-state index is 0.252. The summed E-state index contributed by atoms with van der Waals surface area (Å²) in [6.45, 7) is 5.46. The van der Waals surface area contributed by atoms with Crippen molar-refractivity contribution in [1.29, 1.82) is 0 Å². The molecule has 2 saturated heterocycles. The number of rotatable bonds is 3. The predicted octanol–water partition coefficient (Wildman–Crippen LogP) is 2.90. The molecular formula is C15H26N4O. The Morgan fingerprint density at radius 1 is 1.25 bits per heavy atom. The van der Waals surface area contributed by atoms with Gasteiger partial charge >= 0.3 is 0 Å². The predicted molar refractivity (Wildman–Crippen MR) is 78.7 cm³/mol. The third-order valence-corrected chi connectivity index (χ3v) is 4.71. The smallest absolute Gasteiger partial charge is 0.266 e. The van der Waals surface area contributed by atoms with Crippen LogP contribution < -0.4 is 10.2 Å². The highest BCUT2D eigenvalue weighted by Crippen LogP contribution is 2.29. The van der Waals surface area contributed by atoms with E-state index in [0.717, 1.165) is 43.8 Å². The van der Waals surface area contributed by atoms with Crippen molar-refractivity contribution >= 4 is 5.95 Å². The topological polar surface area (TPSA) is 54.2 Å². The van der Waals surface area contributed by atoms with Crippen molar-refractivity contribution in [2.75, 3.05) is 24.5 Å². The number of aromatic nitrogens is 2. The Morgan fingerprint density at radius 2 is 2.05 bits per heavy atom. The molecule has 0 spiro atoms. The second-order valence-corrected chi connectivity index (χ2v) is 6.14. The van der Waals surface area contributed by atoms with Crippen LogP contribution in [0.25, 0.3) is 0 Å². The molecule has 2 fully saturated rings. The molecule has 2 atom stereocenters. The van der Waals surface area contributed by atoms with Crippen LogP contribution in [0.2, 0.25) is 0 Å². The molecule has 0 amide bonds. The summed E-state index contributed by atoms with van der Waals surface area (Å²) in [7, 11) is 0. The highest BCUT2D eigenvalue weighted by Gasteiger charge is 2.27. The second-order valence-electron chi connectivity index (χ2n) is 6.14. The third kappa shape index (κ3) is 3.14. The molecule has 2 aliphatic heterocycles. The zero-order valence-corrected chi connectivity index (χ0v) is 12.5. The van der Waals surface area contributed by atoms with Crippen LogP contribution in [0.4, 0.5) is 5.95 Å². The van der Waals surface area contributed by atoms with Crippen molar-refractivity contribution < 1.29 is 4.52 Å². The maximum Gasteiger partial charge on any atom is 0.266 e. The van der Waals surface area contributed by atoms with Gasteiger partial charge in [0.25, 0.3) is 5.95 Å². The van der Waals surface area contributed by atoms with E-state index in [1.807, 2.05) is 0 Å². The maximum atomic E-state index is 5.53. The highest BCUT2D eigenvalue weighted by molar-refractivity contribution is 5.28. The van der Waals surface area contributed by atoms with Gasteiger partial charge in [0.05, 0.1) is 6.04 Å². The number of hydrogen-bond acceptors (Lipinski definition) is 5. The zero-order chi connectivity index (χ0) is 13.8. The fraction of sp³-hybridized carbons (Fsp3) is 0.867. The van der Waals surface area contributed by atoms with Crippen molar-refractivity contribution in [3.63, 3.8) is 0 Å². The summed E-state index contributed by atoms with van der Waals surface area (Å²) >= 11 is 0. The summed E-state index contributed by atoms with van der Waals surface area (Å²) in [5.41, 5.74) is 0. The van der Waals surface area contributed by atoms with Crippen molar-refractivity contribution in [3.8, 4) is 0 Å². The third-order valence-electron chi connectivity index (χ3n) is 4.71. The van der Waals surface area contributed by atoms with E-state index in [2.05, 4.69) is 27.3 Å². The Bertz CT molecular complexity index is 412. The van der Waals surface area contributed by atoms with E-state index in [0.29, 0.717) is 0 Å².